The van der Waals surface area contributed by atoms with Crippen LogP contribution in [0.15, 0.2) is 0 Å². The highest BCUT2D eigenvalue weighted by molar-refractivity contribution is 5.74. The number of rotatable bonds is 3. The molecule has 0 aromatic heterocycles. The third-order valence-corrected chi connectivity index (χ3v) is 4.84. The summed E-state index contributed by atoms with van der Waals surface area (Å²) >= 11 is 0. The molecule has 2 aliphatic carbocycles. The zero-order valence-electron chi connectivity index (χ0n) is 12.6. The fourth-order valence-electron chi connectivity index (χ4n) is 3.83. The molecule has 0 atom stereocenters. The van der Waals surface area contributed by atoms with Crippen molar-refractivity contribution in [2.45, 2.75) is 83.7 Å². The lowest BCUT2D eigenvalue weighted by molar-refractivity contribution is 0.175. The van der Waals surface area contributed by atoms with Gasteiger partial charge < -0.3 is 10.6 Å². The lowest BCUT2D eigenvalue weighted by Crippen LogP contribution is -2.46. The molecule has 0 radical (unpaired) electrons. The van der Waals surface area contributed by atoms with E-state index in [4.69, 9.17) is 0 Å². The number of hydrogen-bond acceptors (Lipinski definition) is 1. The molecule has 0 aromatic rings. The van der Waals surface area contributed by atoms with Gasteiger partial charge in [0.1, 0.15) is 0 Å². The van der Waals surface area contributed by atoms with Crippen LogP contribution in [0.2, 0.25) is 0 Å². The SMILES string of the molecule is CC(C)NC(=O)NC1CCC(C2CCCCC2)CC1. The highest BCUT2D eigenvalue weighted by Gasteiger charge is 2.28. The molecular formula is C16H30N2O. The Morgan fingerprint density at radius 2 is 1.47 bits per heavy atom. The Balaban J connectivity index is 1.68. The summed E-state index contributed by atoms with van der Waals surface area (Å²) in [7, 11) is 0. The van der Waals surface area contributed by atoms with Crippen LogP contribution in [0.1, 0.15) is 71.6 Å². The first-order chi connectivity index (χ1) is 9.15. The minimum absolute atomic E-state index is 0.0103. The lowest BCUT2D eigenvalue weighted by atomic mass is 9.72. The first-order valence-electron chi connectivity index (χ1n) is 8.22. The van der Waals surface area contributed by atoms with Gasteiger partial charge in [0.25, 0.3) is 0 Å². The largest absolute Gasteiger partial charge is 0.336 e. The number of urea groups is 1. The van der Waals surface area contributed by atoms with E-state index in [1.807, 2.05) is 13.8 Å². The standard InChI is InChI=1S/C16H30N2O/c1-12(2)17-16(19)18-15-10-8-14(9-11-15)13-6-4-3-5-7-13/h12-15H,3-11H2,1-2H3,(H2,17,18,19). The van der Waals surface area contributed by atoms with Gasteiger partial charge in [0, 0.05) is 12.1 Å². The van der Waals surface area contributed by atoms with Crippen LogP contribution in [0.3, 0.4) is 0 Å². The van der Waals surface area contributed by atoms with E-state index in [-0.39, 0.29) is 12.1 Å². The van der Waals surface area contributed by atoms with Crippen molar-refractivity contribution in [1.29, 1.82) is 0 Å². The van der Waals surface area contributed by atoms with Crippen molar-refractivity contribution < 1.29 is 4.79 Å². The van der Waals surface area contributed by atoms with Gasteiger partial charge in [0.05, 0.1) is 0 Å². The Labute approximate surface area is 117 Å². The summed E-state index contributed by atoms with van der Waals surface area (Å²) in [6.45, 7) is 4.00. The van der Waals surface area contributed by atoms with Gasteiger partial charge in [0.15, 0.2) is 0 Å². The Morgan fingerprint density at radius 3 is 2.05 bits per heavy atom. The Hall–Kier alpha value is -0.730. The summed E-state index contributed by atoms with van der Waals surface area (Å²) in [5.74, 6) is 1.92. The molecular weight excluding hydrogens is 236 g/mol. The third kappa shape index (κ3) is 4.70. The molecule has 2 N–H and O–H groups in total. The van der Waals surface area contributed by atoms with Gasteiger partial charge in [-0.05, 0) is 51.4 Å². The molecule has 2 aliphatic rings. The molecule has 2 fully saturated rings. The molecule has 0 aliphatic heterocycles. The molecule has 19 heavy (non-hydrogen) atoms. The van der Waals surface area contributed by atoms with Crippen LogP contribution in [0.5, 0.6) is 0 Å². The molecule has 0 saturated heterocycles. The van der Waals surface area contributed by atoms with E-state index < -0.39 is 0 Å². The second kappa shape index (κ2) is 7.16. The van der Waals surface area contributed by atoms with Crippen LogP contribution in [0, 0.1) is 11.8 Å². The second-order valence-corrected chi connectivity index (χ2v) is 6.78. The lowest BCUT2D eigenvalue weighted by Gasteiger charge is -2.36. The molecule has 0 unspecified atom stereocenters. The molecule has 2 rings (SSSR count). The molecule has 2 saturated carbocycles. The maximum absolute atomic E-state index is 11.7. The van der Waals surface area contributed by atoms with E-state index in [0.717, 1.165) is 11.8 Å². The van der Waals surface area contributed by atoms with Gasteiger partial charge in [-0.15, -0.1) is 0 Å². The van der Waals surface area contributed by atoms with Crippen molar-refractivity contribution in [2.75, 3.05) is 0 Å². The first kappa shape index (κ1) is 14.7. The molecule has 110 valence electrons. The summed E-state index contributed by atoms with van der Waals surface area (Å²) in [6, 6.07) is 0.633. The van der Waals surface area contributed by atoms with Crippen LogP contribution >= 0.6 is 0 Å². The van der Waals surface area contributed by atoms with Gasteiger partial charge >= 0.3 is 6.03 Å². The van der Waals surface area contributed by atoms with Gasteiger partial charge in [-0.25, -0.2) is 4.79 Å². The van der Waals surface area contributed by atoms with Gasteiger partial charge in [0.2, 0.25) is 0 Å². The fourth-order valence-corrected chi connectivity index (χ4v) is 3.83. The predicted molar refractivity (Wildman–Crippen MR) is 79.1 cm³/mol. The molecule has 2 amide bonds. The van der Waals surface area contributed by atoms with Crippen molar-refractivity contribution in [3.8, 4) is 0 Å². The quantitative estimate of drug-likeness (QED) is 0.801. The summed E-state index contributed by atoms with van der Waals surface area (Å²) in [6.07, 6.45) is 12.2. The number of amides is 2. The average molecular weight is 266 g/mol. The summed E-state index contributed by atoms with van der Waals surface area (Å²) in [4.78, 5) is 11.7. The van der Waals surface area contributed by atoms with Crippen LogP contribution in [0.4, 0.5) is 4.79 Å². The first-order valence-corrected chi connectivity index (χ1v) is 8.22. The molecule has 0 spiro atoms. The maximum atomic E-state index is 11.7. The topological polar surface area (TPSA) is 41.1 Å². The zero-order chi connectivity index (χ0) is 13.7. The van der Waals surface area contributed by atoms with Crippen molar-refractivity contribution in [1.82, 2.24) is 10.6 Å². The summed E-state index contributed by atoms with van der Waals surface area (Å²) < 4.78 is 0. The Bertz CT molecular complexity index is 276. The number of hydrogen-bond donors (Lipinski definition) is 2. The average Bonchev–Trinajstić information content (AvgIpc) is 2.39. The van der Waals surface area contributed by atoms with E-state index in [1.165, 1.54) is 57.8 Å². The minimum atomic E-state index is 0.0103. The van der Waals surface area contributed by atoms with E-state index >= 15 is 0 Å². The molecule has 0 bridgehead atoms. The van der Waals surface area contributed by atoms with Crippen LogP contribution in [-0.2, 0) is 0 Å². The highest BCUT2D eigenvalue weighted by Crippen LogP contribution is 2.38. The maximum Gasteiger partial charge on any atom is 0.315 e. The van der Waals surface area contributed by atoms with Gasteiger partial charge in [-0.1, -0.05) is 32.1 Å². The highest BCUT2D eigenvalue weighted by atomic mass is 16.2. The van der Waals surface area contributed by atoms with Crippen LogP contribution < -0.4 is 10.6 Å². The van der Waals surface area contributed by atoms with Crippen molar-refractivity contribution in [3.63, 3.8) is 0 Å². The van der Waals surface area contributed by atoms with Gasteiger partial charge in [-0.2, -0.15) is 0 Å². The Kier molecular flexibility index (Phi) is 5.53. The van der Waals surface area contributed by atoms with E-state index in [9.17, 15) is 4.79 Å². The van der Waals surface area contributed by atoms with Crippen molar-refractivity contribution in [3.05, 3.63) is 0 Å². The Morgan fingerprint density at radius 1 is 0.895 bits per heavy atom. The van der Waals surface area contributed by atoms with Crippen molar-refractivity contribution >= 4 is 6.03 Å². The van der Waals surface area contributed by atoms with Crippen LogP contribution in [0.25, 0.3) is 0 Å². The molecule has 0 heterocycles. The fraction of sp³-hybridized carbons (Fsp3) is 0.938. The van der Waals surface area contributed by atoms with Crippen LogP contribution in [-0.4, -0.2) is 18.1 Å². The number of nitrogens with one attached hydrogen (secondary N) is 2. The smallest absolute Gasteiger partial charge is 0.315 e. The van der Waals surface area contributed by atoms with E-state index in [1.54, 1.807) is 0 Å². The normalized spacial score (nSPS) is 29.2. The number of carbonyl (C=O) groups excluding carboxylic acids is 1. The van der Waals surface area contributed by atoms with Gasteiger partial charge in [-0.3, -0.25) is 0 Å². The zero-order valence-corrected chi connectivity index (χ0v) is 12.6. The summed E-state index contributed by atoms with van der Waals surface area (Å²) in [5.41, 5.74) is 0. The molecule has 3 nitrogen and oxygen atoms in total. The summed E-state index contributed by atoms with van der Waals surface area (Å²) in [5, 5.41) is 6.04. The second-order valence-electron chi connectivity index (χ2n) is 6.78. The monoisotopic (exact) mass is 266 g/mol. The van der Waals surface area contributed by atoms with Crippen molar-refractivity contribution in [2.24, 2.45) is 11.8 Å². The van der Waals surface area contributed by atoms with E-state index in [0.29, 0.717) is 6.04 Å². The number of carbonyl (C=O) groups is 1. The predicted octanol–water partition coefficient (Wildman–Crippen LogP) is 3.83. The molecule has 0 aromatic carbocycles. The van der Waals surface area contributed by atoms with E-state index in [2.05, 4.69) is 10.6 Å². The molecule has 3 heteroatoms. The third-order valence-electron chi connectivity index (χ3n) is 4.84. The minimum Gasteiger partial charge on any atom is -0.336 e.